The summed E-state index contributed by atoms with van der Waals surface area (Å²) in [6.45, 7) is 14.5. The second-order valence-corrected chi connectivity index (χ2v) is 7.69. The minimum atomic E-state index is 0.653. The minimum Gasteiger partial charge on any atom is -0.0654 e. The fraction of sp³-hybridized carbons (Fsp3) is 1.00. The summed E-state index contributed by atoms with van der Waals surface area (Å²) in [4.78, 5) is 0. The number of hydrogen-bond donors (Lipinski definition) is 0. The van der Waals surface area contributed by atoms with Crippen LogP contribution in [0.25, 0.3) is 0 Å². The zero-order valence-electron chi connectivity index (χ0n) is 15.2. The Labute approximate surface area is 129 Å². The molecule has 0 aromatic rings. The first-order chi connectivity index (χ1) is 9.57. The van der Waals surface area contributed by atoms with Crippen LogP contribution in [0.5, 0.6) is 0 Å². The summed E-state index contributed by atoms with van der Waals surface area (Å²) in [6.07, 6.45) is 12.9. The molecule has 3 atom stereocenters. The lowest BCUT2D eigenvalue weighted by Crippen LogP contribution is -2.31. The van der Waals surface area contributed by atoms with Crippen molar-refractivity contribution in [3.05, 3.63) is 0 Å². The number of rotatable bonds is 11. The predicted molar refractivity (Wildman–Crippen MR) is 92.0 cm³/mol. The quantitative estimate of drug-likeness (QED) is 0.379. The van der Waals surface area contributed by atoms with Crippen molar-refractivity contribution in [2.45, 2.75) is 99.3 Å². The van der Waals surface area contributed by atoms with Crippen molar-refractivity contribution in [2.24, 2.45) is 29.1 Å². The van der Waals surface area contributed by atoms with E-state index in [0.29, 0.717) is 5.41 Å². The highest BCUT2D eigenvalue weighted by atomic mass is 14.6. The Hall–Kier alpha value is 0. The van der Waals surface area contributed by atoms with Gasteiger partial charge in [0.25, 0.3) is 0 Å². The van der Waals surface area contributed by atoms with Crippen molar-refractivity contribution in [1.82, 2.24) is 0 Å². The summed E-state index contributed by atoms with van der Waals surface area (Å²) in [5.74, 6) is 4.00. The first-order valence-corrected chi connectivity index (χ1v) is 9.57. The molecule has 0 aromatic heterocycles. The number of unbranched alkanes of at least 4 members (excludes halogenated alkanes) is 1. The third-order valence-electron chi connectivity index (χ3n) is 6.31. The first kappa shape index (κ1) is 18.1. The summed E-state index contributed by atoms with van der Waals surface area (Å²) < 4.78 is 0. The average Bonchev–Trinajstić information content (AvgIpc) is 3.20. The van der Waals surface area contributed by atoms with Crippen molar-refractivity contribution in [1.29, 1.82) is 0 Å². The summed E-state index contributed by atoms with van der Waals surface area (Å²) in [5, 5.41) is 0. The van der Waals surface area contributed by atoms with E-state index in [1.54, 1.807) is 6.42 Å². The van der Waals surface area contributed by atoms with Gasteiger partial charge in [-0.3, -0.25) is 0 Å². The van der Waals surface area contributed by atoms with Gasteiger partial charge in [-0.1, -0.05) is 80.1 Å². The molecule has 0 spiro atoms. The maximum Gasteiger partial charge on any atom is -0.0246 e. The topological polar surface area (TPSA) is 0 Å². The van der Waals surface area contributed by atoms with Gasteiger partial charge in [0.05, 0.1) is 0 Å². The maximum absolute atomic E-state index is 2.49. The van der Waals surface area contributed by atoms with Gasteiger partial charge in [0.2, 0.25) is 0 Å². The minimum absolute atomic E-state index is 0.653. The van der Waals surface area contributed by atoms with Crippen LogP contribution < -0.4 is 0 Å². The second kappa shape index (κ2) is 8.44. The molecule has 120 valence electrons. The Morgan fingerprint density at radius 1 is 0.950 bits per heavy atom. The van der Waals surface area contributed by atoms with Crippen LogP contribution in [-0.2, 0) is 0 Å². The molecule has 3 unspecified atom stereocenters. The van der Waals surface area contributed by atoms with Crippen LogP contribution in [0.4, 0.5) is 0 Å². The van der Waals surface area contributed by atoms with Gasteiger partial charge >= 0.3 is 0 Å². The van der Waals surface area contributed by atoms with Crippen LogP contribution in [0.3, 0.4) is 0 Å². The molecular formula is C20H40. The molecule has 0 amide bonds. The van der Waals surface area contributed by atoms with Gasteiger partial charge in [0, 0.05) is 0 Å². The molecule has 20 heavy (non-hydrogen) atoms. The maximum atomic E-state index is 2.49. The molecule has 1 saturated carbocycles. The lowest BCUT2D eigenvalue weighted by atomic mass is 9.66. The van der Waals surface area contributed by atoms with Crippen molar-refractivity contribution in [2.75, 3.05) is 0 Å². The Kier molecular flexibility index (Phi) is 7.62. The zero-order valence-corrected chi connectivity index (χ0v) is 15.2. The number of hydrogen-bond acceptors (Lipinski definition) is 0. The van der Waals surface area contributed by atoms with E-state index in [4.69, 9.17) is 0 Å². The van der Waals surface area contributed by atoms with Crippen LogP contribution in [0.2, 0.25) is 0 Å². The molecule has 1 aliphatic rings. The largest absolute Gasteiger partial charge is 0.0654 e. The highest BCUT2D eigenvalue weighted by Crippen LogP contribution is 2.62. The van der Waals surface area contributed by atoms with Gasteiger partial charge in [0.15, 0.2) is 0 Å². The average molecular weight is 281 g/mol. The molecule has 1 fully saturated rings. The normalized spacial score (nSPS) is 25.2. The lowest BCUT2D eigenvalue weighted by molar-refractivity contribution is 0.105. The van der Waals surface area contributed by atoms with E-state index < -0.39 is 0 Å². The van der Waals surface area contributed by atoms with E-state index in [-0.39, 0.29) is 0 Å². The molecule has 0 nitrogen and oxygen atoms in total. The van der Waals surface area contributed by atoms with E-state index in [1.165, 1.54) is 51.4 Å². The van der Waals surface area contributed by atoms with Gasteiger partial charge in [0.1, 0.15) is 0 Å². The predicted octanol–water partition coefficient (Wildman–Crippen LogP) is 7.08. The van der Waals surface area contributed by atoms with Gasteiger partial charge in [-0.15, -0.1) is 0 Å². The van der Waals surface area contributed by atoms with Gasteiger partial charge in [-0.25, -0.2) is 0 Å². The standard InChI is InChI=1S/C20H40/c1-7-11-14-20(10-4,16(5)6)19-15-18(19)17(12-8-2)13-9-3/h16-19H,7-15H2,1-6H3. The first-order valence-electron chi connectivity index (χ1n) is 9.57. The van der Waals surface area contributed by atoms with Gasteiger partial charge < -0.3 is 0 Å². The summed E-state index contributed by atoms with van der Waals surface area (Å²) in [7, 11) is 0. The molecule has 1 rings (SSSR count). The van der Waals surface area contributed by atoms with Crippen molar-refractivity contribution in [3.8, 4) is 0 Å². The SMILES string of the molecule is CCCCC(CC)(C(C)C)C1CC1C(CCC)CCC. The molecule has 0 aliphatic heterocycles. The molecule has 0 heteroatoms. The Morgan fingerprint density at radius 2 is 1.55 bits per heavy atom. The van der Waals surface area contributed by atoms with E-state index in [0.717, 1.165) is 23.7 Å². The molecule has 0 bridgehead atoms. The van der Waals surface area contributed by atoms with Gasteiger partial charge in [-0.2, -0.15) is 0 Å². The molecule has 0 aromatic carbocycles. The van der Waals surface area contributed by atoms with Crippen LogP contribution in [0.1, 0.15) is 99.3 Å². The third kappa shape index (κ3) is 4.01. The fourth-order valence-electron chi connectivity index (χ4n) is 4.97. The van der Waals surface area contributed by atoms with Crippen LogP contribution >= 0.6 is 0 Å². The zero-order chi connectivity index (χ0) is 15.2. The van der Waals surface area contributed by atoms with E-state index in [2.05, 4.69) is 41.5 Å². The highest BCUT2D eigenvalue weighted by molar-refractivity contribution is 5.03. The molecular weight excluding hydrogens is 240 g/mol. The van der Waals surface area contributed by atoms with E-state index in [9.17, 15) is 0 Å². The van der Waals surface area contributed by atoms with Crippen molar-refractivity contribution >= 4 is 0 Å². The molecule has 1 aliphatic carbocycles. The molecule has 0 N–H and O–H groups in total. The monoisotopic (exact) mass is 280 g/mol. The second-order valence-electron chi connectivity index (χ2n) is 7.69. The Bertz CT molecular complexity index is 249. The highest BCUT2D eigenvalue weighted by Gasteiger charge is 2.54. The summed E-state index contributed by atoms with van der Waals surface area (Å²) in [5.41, 5.74) is 0.653. The third-order valence-corrected chi connectivity index (χ3v) is 6.31. The lowest BCUT2D eigenvalue weighted by Gasteiger charge is -2.39. The van der Waals surface area contributed by atoms with Crippen LogP contribution in [-0.4, -0.2) is 0 Å². The Balaban J connectivity index is 2.74. The summed E-state index contributed by atoms with van der Waals surface area (Å²) in [6, 6.07) is 0. The van der Waals surface area contributed by atoms with Crippen molar-refractivity contribution < 1.29 is 0 Å². The van der Waals surface area contributed by atoms with Crippen molar-refractivity contribution in [3.63, 3.8) is 0 Å². The van der Waals surface area contributed by atoms with Crippen LogP contribution in [0, 0.1) is 29.1 Å². The molecule has 0 heterocycles. The summed E-state index contributed by atoms with van der Waals surface area (Å²) >= 11 is 0. The Morgan fingerprint density at radius 3 is 1.95 bits per heavy atom. The molecule has 0 saturated heterocycles. The van der Waals surface area contributed by atoms with E-state index in [1.807, 2.05) is 0 Å². The van der Waals surface area contributed by atoms with Gasteiger partial charge in [-0.05, 0) is 48.3 Å². The van der Waals surface area contributed by atoms with E-state index >= 15 is 0 Å². The molecule has 0 radical (unpaired) electrons. The smallest absolute Gasteiger partial charge is 0.0246 e. The fourth-order valence-corrected chi connectivity index (χ4v) is 4.97. The van der Waals surface area contributed by atoms with Crippen LogP contribution in [0.15, 0.2) is 0 Å².